The van der Waals surface area contributed by atoms with Crippen LogP contribution in [0.5, 0.6) is 5.75 Å². The number of carbonyl (C=O) groups is 1. The number of hydrogen-bond donors (Lipinski definition) is 1. The number of rotatable bonds is 5. The first-order valence-corrected chi connectivity index (χ1v) is 9.23. The number of carbonyl (C=O) groups excluding carboxylic acids is 1. The van der Waals surface area contributed by atoms with Gasteiger partial charge in [0, 0.05) is 29.2 Å². The van der Waals surface area contributed by atoms with Crippen LogP contribution in [0.3, 0.4) is 0 Å². The minimum absolute atomic E-state index is 0.154. The fraction of sp³-hybridized carbons (Fsp3) is 0.130. The third kappa shape index (κ3) is 3.60. The highest BCUT2D eigenvalue weighted by Gasteiger charge is 2.09. The molecule has 0 radical (unpaired) electrons. The Hall–Kier alpha value is -3.60. The molecule has 0 unspecified atom stereocenters. The van der Waals surface area contributed by atoms with Crippen LogP contribution in [0.4, 0.5) is 5.69 Å². The van der Waals surface area contributed by atoms with Crippen LogP contribution in [-0.4, -0.2) is 21.9 Å². The number of aromatic nitrogens is 2. The molecule has 2 heterocycles. The van der Waals surface area contributed by atoms with Crippen LogP contribution < -0.4 is 10.1 Å². The van der Waals surface area contributed by atoms with Crippen LogP contribution in [0.25, 0.3) is 16.9 Å². The average Bonchev–Trinajstić information content (AvgIpc) is 3.15. The van der Waals surface area contributed by atoms with E-state index in [-0.39, 0.29) is 5.91 Å². The molecule has 0 bridgehead atoms. The van der Waals surface area contributed by atoms with Crippen LogP contribution >= 0.6 is 0 Å². The standard InChI is InChI=1S/C23H21N3O2/c1-3-28-20-12-8-18(9-13-20)23(27)24-19-10-6-17(7-11-19)21-15-26-14-4-5-16(2)22(26)25-21/h4-15H,3H2,1-2H3,(H,24,27). The van der Waals surface area contributed by atoms with Crippen molar-refractivity contribution in [1.82, 2.24) is 9.38 Å². The van der Waals surface area contributed by atoms with E-state index in [9.17, 15) is 4.79 Å². The molecule has 0 saturated carbocycles. The molecule has 0 aliphatic heterocycles. The summed E-state index contributed by atoms with van der Waals surface area (Å²) in [4.78, 5) is 17.1. The van der Waals surface area contributed by atoms with E-state index in [0.717, 1.165) is 33.9 Å². The molecule has 0 atom stereocenters. The molecule has 2 aromatic heterocycles. The number of ether oxygens (including phenoxy) is 1. The molecule has 28 heavy (non-hydrogen) atoms. The molecule has 1 N–H and O–H groups in total. The maximum Gasteiger partial charge on any atom is 0.255 e. The Bertz CT molecular complexity index is 1110. The lowest BCUT2D eigenvalue weighted by atomic mass is 10.1. The van der Waals surface area contributed by atoms with Gasteiger partial charge in [0.05, 0.1) is 12.3 Å². The Kier molecular flexibility index (Phi) is 4.81. The second-order valence-electron chi connectivity index (χ2n) is 6.54. The molecule has 0 fully saturated rings. The topological polar surface area (TPSA) is 55.6 Å². The number of fused-ring (bicyclic) bond motifs is 1. The molecule has 5 nitrogen and oxygen atoms in total. The van der Waals surface area contributed by atoms with E-state index in [2.05, 4.69) is 5.32 Å². The van der Waals surface area contributed by atoms with Crippen molar-refractivity contribution in [2.24, 2.45) is 0 Å². The van der Waals surface area contributed by atoms with Crippen molar-refractivity contribution < 1.29 is 9.53 Å². The summed E-state index contributed by atoms with van der Waals surface area (Å²) in [5.41, 5.74) is 5.31. The summed E-state index contributed by atoms with van der Waals surface area (Å²) in [7, 11) is 0. The molecular formula is C23H21N3O2. The van der Waals surface area contributed by atoms with Crippen molar-refractivity contribution in [2.45, 2.75) is 13.8 Å². The second kappa shape index (κ2) is 7.56. The van der Waals surface area contributed by atoms with Crippen molar-refractivity contribution >= 4 is 17.2 Å². The highest BCUT2D eigenvalue weighted by molar-refractivity contribution is 6.04. The number of benzene rings is 2. The lowest BCUT2D eigenvalue weighted by Gasteiger charge is -2.07. The summed E-state index contributed by atoms with van der Waals surface area (Å²) in [6.45, 7) is 4.58. The number of imidazole rings is 1. The molecular weight excluding hydrogens is 350 g/mol. The van der Waals surface area contributed by atoms with Crippen molar-refractivity contribution in [3.8, 4) is 17.0 Å². The lowest BCUT2D eigenvalue weighted by Crippen LogP contribution is -2.11. The van der Waals surface area contributed by atoms with Crippen LogP contribution in [-0.2, 0) is 0 Å². The fourth-order valence-electron chi connectivity index (χ4n) is 3.09. The summed E-state index contributed by atoms with van der Waals surface area (Å²) in [5.74, 6) is 0.602. The van der Waals surface area contributed by atoms with Gasteiger partial charge in [-0.05, 0) is 61.9 Å². The number of hydrogen-bond acceptors (Lipinski definition) is 3. The number of amides is 1. The van der Waals surface area contributed by atoms with Gasteiger partial charge >= 0.3 is 0 Å². The van der Waals surface area contributed by atoms with Gasteiger partial charge in [-0.25, -0.2) is 4.98 Å². The van der Waals surface area contributed by atoms with Crippen molar-refractivity contribution in [3.05, 3.63) is 84.2 Å². The summed E-state index contributed by atoms with van der Waals surface area (Å²) in [6.07, 6.45) is 4.00. The monoisotopic (exact) mass is 371 g/mol. The summed E-state index contributed by atoms with van der Waals surface area (Å²) < 4.78 is 7.42. The maximum atomic E-state index is 12.4. The van der Waals surface area contributed by atoms with Crippen LogP contribution in [0.2, 0.25) is 0 Å². The number of pyridine rings is 1. The van der Waals surface area contributed by atoms with Gasteiger partial charge < -0.3 is 14.5 Å². The van der Waals surface area contributed by atoms with Gasteiger partial charge in [-0.2, -0.15) is 0 Å². The average molecular weight is 371 g/mol. The summed E-state index contributed by atoms with van der Waals surface area (Å²) in [6, 6.07) is 18.9. The Morgan fingerprint density at radius 2 is 1.82 bits per heavy atom. The molecule has 0 aliphatic carbocycles. The quantitative estimate of drug-likeness (QED) is 0.539. The van der Waals surface area contributed by atoms with Crippen molar-refractivity contribution in [2.75, 3.05) is 11.9 Å². The van der Waals surface area contributed by atoms with Gasteiger partial charge in [-0.15, -0.1) is 0 Å². The molecule has 140 valence electrons. The van der Waals surface area contributed by atoms with Crippen molar-refractivity contribution in [3.63, 3.8) is 0 Å². The van der Waals surface area contributed by atoms with Crippen LogP contribution in [0.1, 0.15) is 22.8 Å². The molecule has 0 spiro atoms. The Morgan fingerprint density at radius 1 is 1.07 bits per heavy atom. The first kappa shape index (κ1) is 17.8. The SMILES string of the molecule is CCOc1ccc(C(=O)Nc2ccc(-c3cn4cccc(C)c4n3)cc2)cc1. The molecule has 0 saturated heterocycles. The van der Waals surface area contributed by atoms with E-state index >= 15 is 0 Å². The van der Waals surface area contributed by atoms with Gasteiger partial charge in [0.1, 0.15) is 11.4 Å². The van der Waals surface area contributed by atoms with Crippen LogP contribution in [0.15, 0.2) is 73.1 Å². The Morgan fingerprint density at radius 3 is 2.50 bits per heavy atom. The minimum atomic E-state index is -0.154. The van der Waals surface area contributed by atoms with E-state index in [1.54, 1.807) is 24.3 Å². The molecule has 4 rings (SSSR count). The highest BCUT2D eigenvalue weighted by Crippen LogP contribution is 2.23. The molecule has 4 aromatic rings. The van der Waals surface area contributed by atoms with Gasteiger partial charge in [0.2, 0.25) is 0 Å². The van der Waals surface area contributed by atoms with E-state index in [4.69, 9.17) is 9.72 Å². The third-order valence-corrected chi connectivity index (χ3v) is 4.54. The van der Waals surface area contributed by atoms with Gasteiger partial charge in [-0.3, -0.25) is 4.79 Å². The lowest BCUT2D eigenvalue weighted by molar-refractivity contribution is 0.102. The number of aryl methyl sites for hydroxylation is 1. The summed E-state index contributed by atoms with van der Waals surface area (Å²) >= 11 is 0. The molecule has 2 aromatic carbocycles. The predicted octanol–water partition coefficient (Wildman–Crippen LogP) is 4.96. The molecule has 0 aliphatic rings. The first-order valence-electron chi connectivity index (χ1n) is 9.23. The first-order chi connectivity index (χ1) is 13.6. The highest BCUT2D eigenvalue weighted by atomic mass is 16.5. The molecule has 1 amide bonds. The Labute approximate surface area is 163 Å². The zero-order valence-electron chi connectivity index (χ0n) is 15.8. The Balaban J connectivity index is 1.49. The van der Waals surface area contributed by atoms with Gasteiger partial charge in [-0.1, -0.05) is 18.2 Å². The largest absolute Gasteiger partial charge is 0.494 e. The third-order valence-electron chi connectivity index (χ3n) is 4.54. The number of nitrogens with zero attached hydrogens (tertiary/aromatic N) is 2. The number of nitrogens with one attached hydrogen (secondary N) is 1. The second-order valence-corrected chi connectivity index (χ2v) is 6.54. The maximum absolute atomic E-state index is 12.4. The summed E-state index contributed by atoms with van der Waals surface area (Å²) in [5, 5.41) is 2.92. The van der Waals surface area contributed by atoms with Gasteiger partial charge in [0.15, 0.2) is 0 Å². The fourth-order valence-corrected chi connectivity index (χ4v) is 3.09. The van der Waals surface area contributed by atoms with E-state index in [0.29, 0.717) is 12.2 Å². The number of anilines is 1. The van der Waals surface area contributed by atoms with E-state index < -0.39 is 0 Å². The molecule has 5 heteroatoms. The van der Waals surface area contributed by atoms with E-state index in [1.807, 2.05) is 67.0 Å². The zero-order chi connectivity index (χ0) is 19.5. The zero-order valence-corrected chi connectivity index (χ0v) is 15.8. The predicted molar refractivity (Wildman–Crippen MR) is 111 cm³/mol. The minimum Gasteiger partial charge on any atom is -0.494 e. The van der Waals surface area contributed by atoms with Crippen LogP contribution in [0, 0.1) is 6.92 Å². The normalized spacial score (nSPS) is 10.8. The van der Waals surface area contributed by atoms with Crippen molar-refractivity contribution in [1.29, 1.82) is 0 Å². The van der Waals surface area contributed by atoms with E-state index in [1.165, 1.54) is 0 Å². The smallest absolute Gasteiger partial charge is 0.255 e. The van der Waals surface area contributed by atoms with Gasteiger partial charge in [0.25, 0.3) is 5.91 Å².